The number of aromatic amines is 1. The Morgan fingerprint density at radius 3 is 3.22 bits per heavy atom. The third-order valence-electron chi connectivity index (χ3n) is 4.43. The van der Waals surface area contributed by atoms with Crippen molar-refractivity contribution in [2.45, 2.75) is 31.3 Å². The van der Waals surface area contributed by atoms with E-state index in [0.717, 1.165) is 29.7 Å². The average Bonchev–Trinajstić information content (AvgIpc) is 3.38. The van der Waals surface area contributed by atoms with Gasteiger partial charge < -0.3 is 5.32 Å². The Morgan fingerprint density at radius 1 is 1.56 bits per heavy atom. The fourth-order valence-electron chi connectivity index (χ4n) is 3.08. The van der Waals surface area contributed by atoms with Crippen molar-refractivity contribution in [1.82, 2.24) is 15.2 Å². The average molecular weight is 416 g/mol. The van der Waals surface area contributed by atoms with Crippen molar-refractivity contribution in [3.8, 4) is 16.8 Å². The summed E-state index contributed by atoms with van der Waals surface area (Å²) in [5.41, 5.74) is 1.76. The van der Waals surface area contributed by atoms with Crippen LogP contribution < -0.4 is 5.32 Å². The predicted octanol–water partition coefficient (Wildman–Crippen LogP) is 4.32. The van der Waals surface area contributed by atoms with E-state index in [1.165, 1.54) is 16.6 Å². The Bertz CT molecular complexity index is 999. The fraction of sp³-hybridized carbons (Fsp3) is 0.333. The molecule has 0 spiro atoms. The lowest BCUT2D eigenvalue weighted by Gasteiger charge is -2.17. The molecule has 9 heteroatoms. The van der Waals surface area contributed by atoms with Crippen molar-refractivity contribution in [3.63, 3.8) is 0 Å². The number of carbonyl (C=O) groups is 1. The first-order valence-corrected chi connectivity index (χ1v) is 11.3. The maximum absolute atomic E-state index is 12.4. The fourth-order valence-corrected chi connectivity index (χ4v) is 5.72. The van der Waals surface area contributed by atoms with E-state index in [4.69, 9.17) is 0 Å². The zero-order chi connectivity index (χ0) is 18.8. The van der Waals surface area contributed by atoms with Crippen LogP contribution in [0.5, 0.6) is 0 Å². The highest BCUT2D eigenvalue weighted by atomic mass is 32.2. The summed E-state index contributed by atoms with van der Waals surface area (Å²) < 4.78 is 0. The molecule has 0 saturated carbocycles. The van der Waals surface area contributed by atoms with E-state index in [2.05, 4.69) is 33.5 Å². The van der Waals surface area contributed by atoms with Gasteiger partial charge in [0.25, 0.3) is 0 Å². The number of hydrogen-bond donors (Lipinski definition) is 2. The number of fused-ring (bicyclic) bond motifs is 1. The maximum Gasteiger partial charge on any atom is 0.235 e. The predicted molar refractivity (Wildman–Crippen MR) is 109 cm³/mol. The molecule has 138 valence electrons. The Hall–Kier alpha value is -2.15. The third kappa shape index (κ3) is 3.93. The molecule has 0 fully saturated rings. The zero-order valence-electron chi connectivity index (χ0n) is 14.6. The topological polar surface area (TPSA) is 94.5 Å². The van der Waals surface area contributed by atoms with Crippen molar-refractivity contribution in [3.05, 3.63) is 33.5 Å². The van der Waals surface area contributed by atoms with Gasteiger partial charge in [-0.05, 0) is 42.2 Å². The maximum atomic E-state index is 12.4. The molecule has 0 aromatic carbocycles. The number of thiophene rings is 2. The highest BCUT2D eigenvalue weighted by Gasteiger charge is 2.24. The van der Waals surface area contributed by atoms with Crippen LogP contribution in [0.4, 0.5) is 5.00 Å². The molecule has 4 rings (SSSR count). The van der Waals surface area contributed by atoms with Gasteiger partial charge in [-0.15, -0.1) is 27.8 Å². The van der Waals surface area contributed by atoms with Gasteiger partial charge in [-0.3, -0.25) is 9.89 Å². The number of anilines is 1. The van der Waals surface area contributed by atoms with Gasteiger partial charge in [0.05, 0.1) is 16.2 Å². The van der Waals surface area contributed by atoms with Crippen molar-refractivity contribution in [2.75, 3.05) is 11.1 Å². The minimum absolute atomic E-state index is 0.148. The SMILES string of the molecule is CC1CCc2c(sc(NC(=O)CSc3n[nH]c(-c4cccs4)n3)c2C#N)C1. The summed E-state index contributed by atoms with van der Waals surface area (Å²) in [6.07, 6.45) is 3.00. The number of H-pyrrole nitrogens is 1. The molecular weight excluding hydrogens is 398 g/mol. The van der Waals surface area contributed by atoms with Crippen molar-refractivity contribution in [1.29, 1.82) is 5.26 Å². The summed E-state index contributed by atoms with van der Waals surface area (Å²) in [4.78, 5) is 19.0. The minimum atomic E-state index is -0.148. The first kappa shape index (κ1) is 18.2. The second kappa shape index (κ2) is 7.84. The van der Waals surface area contributed by atoms with Crippen LogP contribution in [-0.2, 0) is 17.6 Å². The normalized spacial score (nSPS) is 15.9. The number of nitrogens with one attached hydrogen (secondary N) is 2. The molecule has 3 aromatic rings. The summed E-state index contributed by atoms with van der Waals surface area (Å²) >= 11 is 4.40. The van der Waals surface area contributed by atoms with Gasteiger partial charge in [0.15, 0.2) is 5.82 Å². The molecule has 1 aliphatic rings. The van der Waals surface area contributed by atoms with Crippen molar-refractivity contribution in [2.24, 2.45) is 5.92 Å². The Labute approximate surface area is 169 Å². The van der Waals surface area contributed by atoms with E-state index >= 15 is 0 Å². The zero-order valence-corrected chi connectivity index (χ0v) is 17.1. The first-order chi connectivity index (χ1) is 13.1. The number of nitriles is 1. The van der Waals surface area contributed by atoms with Crippen LogP contribution in [0.25, 0.3) is 10.7 Å². The molecule has 0 aliphatic heterocycles. The minimum Gasteiger partial charge on any atom is -0.316 e. The van der Waals surface area contributed by atoms with Gasteiger partial charge in [-0.25, -0.2) is 4.98 Å². The van der Waals surface area contributed by atoms with Gasteiger partial charge in [-0.1, -0.05) is 24.8 Å². The molecule has 6 nitrogen and oxygen atoms in total. The number of hydrogen-bond acceptors (Lipinski definition) is 7. The summed E-state index contributed by atoms with van der Waals surface area (Å²) in [6.45, 7) is 2.23. The van der Waals surface area contributed by atoms with E-state index in [1.807, 2.05) is 17.5 Å². The number of carbonyl (C=O) groups excluding carboxylic acids is 1. The Kier molecular flexibility index (Phi) is 5.29. The number of rotatable bonds is 5. The molecule has 1 atom stereocenters. The second-order valence-corrected chi connectivity index (χ2v) is 9.44. The van der Waals surface area contributed by atoms with Crippen LogP contribution in [-0.4, -0.2) is 26.8 Å². The van der Waals surface area contributed by atoms with Crippen LogP contribution in [0.3, 0.4) is 0 Å². The van der Waals surface area contributed by atoms with E-state index in [-0.39, 0.29) is 11.7 Å². The molecule has 1 amide bonds. The lowest BCUT2D eigenvalue weighted by atomic mass is 9.89. The first-order valence-electron chi connectivity index (χ1n) is 8.57. The number of nitrogens with zero attached hydrogens (tertiary/aromatic N) is 3. The van der Waals surface area contributed by atoms with Crippen LogP contribution >= 0.6 is 34.4 Å². The van der Waals surface area contributed by atoms with E-state index in [9.17, 15) is 10.1 Å². The molecule has 1 aliphatic carbocycles. The Morgan fingerprint density at radius 2 is 2.44 bits per heavy atom. The lowest BCUT2D eigenvalue weighted by Crippen LogP contribution is -2.14. The van der Waals surface area contributed by atoms with Gasteiger partial charge in [0.2, 0.25) is 11.1 Å². The number of thioether (sulfide) groups is 1. The highest BCUT2D eigenvalue weighted by molar-refractivity contribution is 7.99. The van der Waals surface area contributed by atoms with Crippen molar-refractivity contribution < 1.29 is 4.79 Å². The van der Waals surface area contributed by atoms with Crippen LogP contribution in [0.2, 0.25) is 0 Å². The molecule has 0 saturated heterocycles. The second-order valence-electron chi connectivity index (χ2n) is 6.45. The molecule has 0 bridgehead atoms. The molecule has 1 unspecified atom stereocenters. The van der Waals surface area contributed by atoms with Gasteiger partial charge >= 0.3 is 0 Å². The summed E-state index contributed by atoms with van der Waals surface area (Å²) in [5.74, 6) is 1.39. The summed E-state index contributed by atoms with van der Waals surface area (Å²) in [5, 5.41) is 22.7. The van der Waals surface area contributed by atoms with Gasteiger partial charge in [0, 0.05) is 4.88 Å². The van der Waals surface area contributed by atoms with E-state index in [0.29, 0.717) is 27.5 Å². The smallest absolute Gasteiger partial charge is 0.235 e. The molecule has 3 aromatic heterocycles. The monoisotopic (exact) mass is 415 g/mol. The highest BCUT2D eigenvalue weighted by Crippen LogP contribution is 2.39. The summed E-state index contributed by atoms with van der Waals surface area (Å²) in [7, 11) is 0. The quantitative estimate of drug-likeness (QED) is 0.605. The van der Waals surface area contributed by atoms with Crippen LogP contribution in [0, 0.1) is 17.2 Å². The van der Waals surface area contributed by atoms with Gasteiger partial charge in [-0.2, -0.15) is 5.26 Å². The molecule has 27 heavy (non-hydrogen) atoms. The Balaban J connectivity index is 1.40. The standard InChI is InChI=1S/C18H17N5OS3/c1-10-4-5-11-12(8-19)17(27-14(11)7-10)20-15(24)9-26-18-21-16(22-23-18)13-3-2-6-25-13/h2-3,6,10H,4-5,7,9H2,1H3,(H,20,24)(H,21,22,23). The molecule has 2 N–H and O–H groups in total. The van der Waals surface area contributed by atoms with Gasteiger partial charge in [0.1, 0.15) is 11.1 Å². The lowest BCUT2D eigenvalue weighted by molar-refractivity contribution is -0.113. The van der Waals surface area contributed by atoms with Crippen LogP contribution in [0.15, 0.2) is 22.7 Å². The largest absolute Gasteiger partial charge is 0.316 e. The number of aromatic nitrogens is 3. The molecular formula is C18H17N5OS3. The van der Waals surface area contributed by atoms with Crippen LogP contribution in [0.1, 0.15) is 29.3 Å². The third-order valence-corrected chi connectivity index (χ3v) is 7.32. The van der Waals surface area contributed by atoms with E-state index < -0.39 is 0 Å². The molecule has 3 heterocycles. The number of amides is 1. The molecule has 0 radical (unpaired) electrons. The van der Waals surface area contributed by atoms with Crippen molar-refractivity contribution >= 4 is 45.3 Å². The summed E-state index contributed by atoms with van der Waals surface area (Å²) in [6, 6.07) is 6.20. The van der Waals surface area contributed by atoms with E-state index in [1.54, 1.807) is 22.7 Å².